The first kappa shape index (κ1) is 20.8. The first-order valence-corrected chi connectivity index (χ1v) is 11.7. The SMILES string of the molecule is CCCSc1ncc(Cl)c(C(=O)Nc2ccc(-c3nc4ccc(C)cc4s3)cc2)n1. The molecule has 0 aliphatic heterocycles. The van der Waals surface area contributed by atoms with Crippen molar-refractivity contribution in [2.75, 3.05) is 11.1 Å². The van der Waals surface area contributed by atoms with Crippen molar-refractivity contribution in [2.24, 2.45) is 0 Å². The maximum absolute atomic E-state index is 12.7. The van der Waals surface area contributed by atoms with E-state index in [-0.39, 0.29) is 16.6 Å². The summed E-state index contributed by atoms with van der Waals surface area (Å²) in [7, 11) is 0. The highest BCUT2D eigenvalue weighted by Gasteiger charge is 2.15. The van der Waals surface area contributed by atoms with E-state index in [9.17, 15) is 4.79 Å². The summed E-state index contributed by atoms with van der Waals surface area (Å²) in [6.45, 7) is 4.15. The van der Waals surface area contributed by atoms with E-state index in [1.54, 1.807) is 11.3 Å². The number of thiazole rings is 1. The number of amides is 1. The van der Waals surface area contributed by atoms with Crippen molar-refractivity contribution < 1.29 is 4.79 Å². The number of fused-ring (bicyclic) bond motifs is 1. The zero-order valence-corrected chi connectivity index (χ0v) is 18.9. The zero-order valence-electron chi connectivity index (χ0n) is 16.5. The third kappa shape index (κ3) is 4.64. The van der Waals surface area contributed by atoms with Crippen LogP contribution in [0, 0.1) is 6.92 Å². The Balaban J connectivity index is 1.51. The number of thioether (sulfide) groups is 1. The molecule has 30 heavy (non-hydrogen) atoms. The minimum Gasteiger partial charge on any atom is -0.321 e. The van der Waals surface area contributed by atoms with Crippen molar-refractivity contribution in [3.63, 3.8) is 0 Å². The molecule has 0 atom stereocenters. The van der Waals surface area contributed by atoms with E-state index in [0.717, 1.165) is 33.0 Å². The molecule has 0 aliphatic rings. The van der Waals surface area contributed by atoms with Gasteiger partial charge in [-0.15, -0.1) is 11.3 Å². The van der Waals surface area contributed by atoms with Crippen LogP contribution in [0.4, 0.5) is 5.69 Å². The van der Waals surface area contributed by atoms with Crippen molar-refractivity contribution in [1.82, 2.24) is 15.0 Å². The highest BCUT2D eigenvalue weighted by Crippen LogP contribution is 2.31. The lowest BCUT2D eigenvalue weighted by Crippen LogP contribution is -2.15. The normalized spacial score (nSPS) is 11.0. The summed E-state index contributed by atoms with van der Waals surface area (Å²) >= 11 is 9.30. The predicted octanol–water partition coefficient (Wildman–Crippen LogP) is 6.47. The minimum absolute atomic E-state index is 0.177. The quantitative estimate of drug-likeness (QED) is 0.267. The van der Waals surface area contributed by atoms with Crippen LogP contribution in [-0.2, 0) is 0 Å². The Hall–Kier alpha value is -2.48. The van der Waals surface area contributed by atoms with Crippen LogP contribution >= 0.6 is 34.7 Å². The molecule has 4 rings (SSSR count). The number of rotatable bonds is 6. The van der Waals surface area contributed by atoms with E-state index in [1.807, 2.05) is 30.3 Å². The number of benzene rings is 2. The van der Waals surface area contributed by atoms with Gasteiger partial charge in [0.05, 0.1) is 21.4 Å². The van der Waals surface area contributed by atoms with Gasteiger partial charge in [0, 0.05) is 17.0 Å². The highest BCUT2D eigenvalue weighted by molar-refractivity contribution is 7.99. The summed E-state index contributed by atoms with van der Waals surface area (Å²) in [5, 5.41) is 4.58. The lowest BCUT2D eigenvalue weighted by molar-refractivity contribution is 0.102. The highest BCUT2D eigenvalue weighted by atomic mass is 35.5. The predicted molar refractivity (Wildman–Crippen MR) is 126 cm³/mol. The summed E-state index contributed by atoms with van der Waals surface area (Å²) in [5.74, 6) is 0.527. The number of halogens is 1. The fraction of sp³-hybridized carbons (Fsp3) is 0.182. The Bertz CT molecular complexity index is 1210. The number of carbonyl (C=O) groups excluding carboxylic acids is 1. The summed E-state index contributed by atoms with van der Waals surface area (Å²) in [5.41, 5.74) is 4.06. The molecule has 0 aliphatic carbocycles. The number of nitrogens with one attached hydrogen (secondary N) is 1. The first-order valence-electron chi connectivity index (χ1n) is 9.48. The fourth-order valence-electron chi connectivity index (χ4n) is 2.81. The number of hydrogen-bond acceptors (Lipinski definition) is 6. The number of aryl methyl sites for hydroxylation is 1. The molecule has 0 unspecified atom stereocenters. The fourth-order valence-corrected chi connectivity index (χ4v) is 4.73. The van der Waals surface area contributed by atoms with Crippen molar-refractivity contribution in [2.45, 2.75) is 25.4 Å². The summed E-state index contributed by atoms with van der Waals surface area (Å²) < 4.78 is 1.16. The molecule has 5 nitrogen and oxygen atoms in total. The van der Waals surface area contributed by atoms with Crippen LogP contribution in [0.1, 0.15) is 29.4 Å². The average molecular weight is 455 g/mol. The van der Waals surface area contributed by atoms with Crippen molar-refractivity contribution >= 4 is 56.5 Å². The second-order valence-corrected chi connectivity index (χ2v) is 9.22. The number of aromatic nitrogens is 3. The molecule has 2 aromatic carbocycles. The molecule has 1 N–H and O–H groups in total. The van der Waals surface area contributed by atoms with Gasteiger partial charge in [0.25, 0.3) is 5.91 Å². The van der Waals surface area contributed by atoms with Crippen LogP contribution in [0.25, 0.3) is 20.8 Å². The van der Waals surface area contributed by atoms with Gasteiger partial charge < -0.3 is 5.32 Å². The number of carbonyl (C=O) groups is 1. The molecule has 4 aromatic rings. The molecule has 0 fully saturated rings. The number of anilines is 1. The molecule has 2 heterocycles. The van der Waals surface area contributed by atoms with Gasteiger partial charge >= 0.3 is 0 Å². The minimum atomic E-state index is -0.357. The Morgan fingerprint density at radius 3 is 2.73 bits per heavy atom. The van der Waals surface area contributed by atoms with Gasteiger partial charge in [0.1, 0.15) is 5.01 Å². The van der Waals surface area contributed by atoms with E-state index in [0.29, 0.717) is 10.8 Å². The van der Waals surface area contributed by atoms with Crippen molar-refractivity contribution in [1.29, 1.82) is 0 Å². The topological polar surface area (TPSA) is 67.8 Å². The summed E-state index contributed by atoms with van der Waals surface area (Å²) in [6.07, 6.45) is 2.47. The maximum atomic E-state index is 12.7. The van der Waals surface area contributed by atoms with E-state index in [4.69, 9.17) is 16.6 Å². The first-order chi connectivity index (χ1) is 14.5. The molecule has 0 radical (unpaired) electrons. The van der Waals surface area contributed by atoms with Crippen LogP contribution in [0.2, 0.25) is 5.02 Å². The van der Waals surface area contributed by atoms with E-state index in [2.05, 4.69) is 41.3 Å². The van der Waals surface area contributed by atoms with Crippen LogP contribution < -0.4 is 5.32 Å². The Labute approximate surface area is 187 Å². The number of hydrogen-bond donors (Lipinski definition) is 1. The van der Waals surface area contributed by atoms with Crippen molar-refractivity contribution in [3.8, 4) is 10.6 Å². The maximum Gasteiger partial charge on any atom is 0.275 e. The molecular weight excluding hydrogens is 436 g/mol. The van der Waals surface area contributed by atoms with E-state index < -0.39 is 0 Å². The molecule has 0 saturated heterocycles. The molecule has 8 heteroatoms. The molecule has 1 amide bonds. The third-order valence-electron chi connectivity index (χ3n) is 4.31. The van der Waals surface area contributed by atoms with Crippen LogP contribution in [0.3, 0.4) is 0 Å². The Morgan fingerprint density at radius 1 is 1.17 bits per heavy atom. The molecule has 0 saturated carbocycles. The van der Waals surface area contributed by atoms with Gasteiger partial charge in [-0.25, -0.2) is 15.0 Å². The van der Waals surface area contributed by atoms with Gasteiger partial charge in [-0.2, -0.15) is 0 Å². The van der Waals surface area contributed by atoms with Gasteiger partial charge in [-0.05, 0) is 55.3 Å². The summed E-state index contributed by atoms with van der Waals surface area (Å²) in [4.78, 5) is 25.8. The lowest BCUT2D eigenvalue weighted by atomic mass is 10.2. The molecular formula is C22H19ClN4OS2. The molecule has 2 aromatic heterocycles. The zero-order chi connectivity index (χ0) is 21.1. The molecule has 152 valence electrons. The van der Waals surface area contributed by atoms with Gasteiger partial charge in [-0.1, -0.05) is 36.4 Å². The largest absolute Gasteiger partial charge is 0.321 e. The summed E-state index contributed by atoms with van der Waals surface area (Å²) in [6, 6.07) is 13.9. The second-order valence-electron chi connectivity index (χ2n) is 6.72. The van der Waals surface area contributed by atoms with Crippen LogP contribution in [0.15, 0.2) is 53.8 Å². The van der Waals surface area contributed by atoms with Crippen LogP contribution in [-0.4, -0.2) is 26.6 Å². The van der Waals surface area contributed by atoms with Crippen molar-refractivity contribution in [3.05, 3.63) is 64.9 Å². The standard InChI is InChI=1S/C22H19ClN4OS2/c1-3-10-29-22-24-12-16(23)19(27-22)20(28)25-15-7-5-14(6-8-15)21-26-17-9-4-13(2)11-18(17)30-21/h4-9,11-12H,3,10H2,1-2H3,(H,25,28). The third-order valence-corrected chi connectivity index (χ3v) is 6.72. The molecule has 0 spiro atoms. The second kappa shape index (κ2) is 9.12. The van der Waals surface area contributed by atoms with E-state index >= 15 is 0 Å². The Kier molecular flexibility index (Phi) is 6.32. The molecule has 0 bridgehead atoms. The van der Waals surface area contributed by atoms with E-state index in [1.165, 1.54) is 23.5 Å². The van der Waals surface area contributed by atoms with Gasteiger partial charge in [0.2, 0.25) is 0 Å². The van der Waals surface area contributed by atoms with Crippen LogP contribution in [0.5, 0.6) is 0 Å². The monoisotopic (exact) mass is 454 g/mol. The average Bonchev–Trinajstić information content (AvgIpc) is 3.16. The lowest BCUT2D eigenvalue weighted by Gasteiger charge is -2.08. The number of nitrogens with zero attached hydrogens (tertiary/aromatic N) is 3. The van der Waals surface area contributed by atoms with Gasteiger partial charge in [0.15, 0.2) is 10.9 Å². The van der Waals surface area contributed by atoms with Gasteiger partial charge in [-0.3, -0.25) is 4.79 Å². The Morgan fingerprint density at radius 2 is 1.97 bits per heavy atom. The smallest absolute Gasteiger partial charge is 0.275 e.